The molecule has 1 N–H and O–H groups in total. The minimum atomic E-state index is 0.0220. The molecule has 1 nitrogen and oxygen atoms in total. The number of rotatable bonds is 0. The second-order valence-electron chi connectivity index (χ2n) is 4.70. The maximum Gasteiger partial charge on any atom is 0.0576 e. The number of hydrogen-bond donors (Lipinski definition) is 1. The zero-order chi connectivity index (χ0) is 7.35. The Labute approximate surface area is 62.4 Å². The maximum atomic E-state index is 9.55. The van der Waals surface area contributed by atoms with Gasteiger partial charge in [0.2, 0.25) is 0 Å². The van der Waals surface area contributed by atoms with E-state index < -0.39 is 0 Å². The highest BCUT2D eigenvalue weighted by atomic mass is 16.3. The fourth-order valence-corrected chi connectivity index (χ4v) is 3.02. The van der Waals surface area contributed by atoms with Crippen LogP contribution in [0.15, 0.2) is 0 Å². The molecule has 2 rings (SSSR count). The van der Waals surface area contributed by atoms with Crippen LogP contribution in [0, 0.1) is 17.3 Å². The molecule has 2 aliphatic rings. The van der Waals surface area contributed by atoms with Crippen molar-refractivity contribution in [2.75, 3.05) is 0 Å². The van der Waals surface area contributed by atoms with Crippen LogP contribution in [0.1, 0.15) is 33.1 Å². The third-order valence-electron chi connectivity index (χ3n) is 3.45. The lowest BCUT2D eigenvalue weighted by Crippen LogP contribution is -2.30. The first-order valence-corrected chi connectivity index (χ1v) is 4.28. The average Bonchev–Trinajstić information content (AvgIpc) is 2.18. The molecule has 0 aromatic rings. The van der Waals surface area contributed by atoms with Crippen molar-refractivity contribution in [2.45, 2.75) is 39.2 Å². The molecule has 10 heavy (non-hydrogen) atoms. The van der Waals surface area contributed by atoms with Crippen molar-refractivity contribution >= 4 is 0 Å². The van der Waals surface area contributed by atoms with Gasteiger partial charge in [-0.15, -0.1) is 0 Å². The molecule has 2 bridgehead atoms. The van der Waals surface area contributed by atoms with Crippen molar-refractivity contribution in [3.63, 3.8) is 0 Å². The Morgan fingerprint density at radius 1 is 1.30 bits per heavy atom. The molecular weight excluding hydrogens is 124 g/mol. The molecule has 0 saturated heterocycles. The molecule has 2 aliphatic carbocycles. The molecular formula is C9H16O. The van der Waals surface area contributed by atoms with Crippen LogP contribution in [0.2, 0.25) is 0 Å². The van der Waals surface area contributed by atoms with Gasteiger partial charge in [-0.1, -0.05) is 13.8 Å². The van der Waals surface area contributed by atoms with E-state index in [0.717, 1.165) is 12.3 Å². The largest absolute Gasteiger partial charge is 0.393 e. The van der Waals surface area contributed by atoms with Gasteiger partial charge in [0, 0.05) is 0 Å². The highest BCUT2D eigenvalue weighted by molar-refractivity contribution is 5.00. The minimum Gasteiger partial charge on any atom is -0.393 e. The Morgan fingerprint density at radius 2 is 2.00 bits per heavy atom. The summed E-state index contributed by atoms with van der Waals surface area (Å²) in [5.74, 6) is 1.45. The third kappa shape index (κ3) is 0.731. The molecule has 0 aliphatic heterocycles. The van der Waals surface area contributed by atoms with Gasteiger partial charge in [-0.25, -0.2) is 0 Å². The van der Waals surface area contributed by atoms with Crippen LogP contribution in [0.25, 0.3) is 0 Å². The molecule has 0 heterocycles. The van der Waals surface area contributed by atoms with Gasteiger partial charge < -0.3 is 5.11 Å². The van der Waals surface area contributed by atoms with Crippen molar-refractivity contribution in [3.05, 3.63) is 0 Å². The van der Waals surface area contributed by atoms with Gasteiger partial charge in [-0.2, -0.15) is 0 Å². The quantitative estimate of drug-likeness (QED) is 0.544. The van der Waals surface area contributed by atoms with Crippen LogP contribution in [-0.4, -0.2) is 11.2 Å². The first-order chi connectivity index (χ1) is 4.59. The maximum absolute atomic E-state index is 9.55. The summed E-state index contributed by atoms with van der Waals surface area (Å²) in [5.41, 5.74) is 0.433. The second kappa shape index (κ2) is 1.76. The van der Waals surface area contributed by atoms with Crippen molar-refractivity contribution in [1.29, 1.82) is 0 Å². The summed E-state index contributed by atoms with van der Waals surface area (Å²) in [4.78, 5) is 0. The molecule has 0 aromatic heterocycles. The van der Waals surface area contributed by atoms with E-state index in [1.807, 2.05) is 0 Å². The highest BCUT2D eigenvalue weighted by Gasteiger charge is 2.49. The smallest absolute Gasteiger partial charge is 0.0576 e. The summed E-state index contributed by atoms with van der Waals surface area (Å²) in [6, 6.07) is 0. The lowest BCUT2D eigenvalue weighted by molar-refractivity contribution is 0.0430. The van der Waals surface area contributed by atoms with Crippen LogP contribution in [0.5, 0.6) is 0 Å². The second-order valence-corrected chi connectivity index (χ2v) is 4.70. The summed E-state index contributed by atoms with van der Waals surface area (Å²) in [6.45, 7) is 4.58. The molecule has 0 amide bonds. The SMILES string of the molecule is CC1(C)C[C@H]2C[C@@H]1[C@@H](O)C2. The van der Waals surface area contributed by atoms with Crippen molar-refractivity contribution in [3.8, 4) is 0 Å². The Balaban J connectivity index is 2.20. The van der Waals surface area contributed by atoms with E-state index in [9.17, 15) is 5.11 Å². The van der Waals surface area contributed by atoms with Gasteiger partial charge in [-0.3, -0.25) is 0 Å². The van der Waals surface area contributed by atoms with Crippen molar-refractivity contribution in [1.82, 2.24) is 0 Å². The van der Waals surface area contributed by atoms with Crippen LogP contribution in [0.4, 0.5) is 0 Å². The van der Waals surface area contributed by atoms with Crippen molar-refractivity contribution in [2.24, 2.45) is 17.3 Å². The zero-order valence-corrected chi connectivity index (χ0v) is 6.80. The summed E-state index contributed by atoms with van der Waals surface area (Å²) < 4.78 is 0. The molecule has 58 valence electrons. The van der Waals surface area contributed by atoms with E-state index >= 15 is 0 Å². The third-order valence-corrected chi connectivity index (χ3v) is 3.45. The fourth-order valence-electron chi connectivity index (χ4n) is 3.02. The fraction of sp³-hybridized carbons (Fsp3) is 1.00. The zero-order valence-electron chi connectivity index (χ0n) is 6.80. The predicted molar refractivity (Wildman–Crippen MR) is 40.6 cm³/mol. The topological polar surface area (TPSA) is 20.2 Å². The Bertz CT molecular complexity index is 151. The van der Waals surface area contributed by atoms with E-state index in [1.54, 1.807) is 0 Å². The van der Waals surface area contributed by atoms with Gasteiger partial charge in [0.25, 0.3) is 0 Å². The summed E-state index contributed by atoms with van der Waals surface area (Å²) in [6.07, 6.45) is 3.73. The standard InChI is InChI=1S/C9H16O/c1-9(2)5-6-3-7(9)8(10)4-6/h6-8,10H,3-5H2,1-2H3/t6-,7+,8-/m0/s1. The van der Waals surface area contributed by atoms with Gasteiger partial charge >= 0.3 is 0 Å². The Hall–Kier alpha value is -0.0400. The Kier molecular flexibility index (Phi) is 1.17. The first kappa shape index (κ1) is 6.66. The van der Waals surface area contributed by atoms with Gasteiger partial charge in [0.15, 0.2) is 0 Å². The molecule has 3 atom stereocenters. The minimum absolute atomic E-state index is 0.0220. The molecule has 0 spiro atoms. The number of fused-ring (bicyclic) bond motifs is 2. The molecule has 0 aromatic carbocycles. The van der Waals surface area contributed by atoms with Gasteiger partial charge in [0.1, 0.15) is 0 Å². The Morgan fingerprint density at radius 3 is 2.30 bits per heavy atom. The lowest BCUT2D eigenvalue weighted by Gasteiger charge is -2.32. The summed E-state index contributed by atoms with van der Waals surface area (Å²) in [5, 5.41) is 9.55. The molecule has 0 radical (unpaired) electrons. The highest BCUT2D eigenvalue weighted by Crippen LogP contribution is 2.55. The van der Waals surface area contributed by atoms with Crippen LogP contribution < -0.4 is 0 Å². The van der Waals surface area contributed by atoms with E-state index in [1.165, 1.54) is 12.8 Å². The van der Waals surface area contributed by atoms with Crippen molar-refractivity contribution < 1.29 is 5.11 Å². The predicted octanol–water partition coefficient (Wildman–Crippen LogP) is 1.80. The van der Waals surface area contributed by atoms with Crippen LogP contribution in [0.3, 0.4) is 0 Å². The molecule has 2 saturated carbocycles. The number of aliphatic hydroxyl groups is 1. The summed E-state index contributed by atoms with van der Waals surface area (Å²) >= 11 is 0. The van der Waals surface area contributed by atoms with E-state index in [4.69, 9.17) is 0 Å². The first-order valence-electron chi connectivity index (χ1n) is 4.28. The van der Waals surface area contributed by atoms with E-state index in [0.29, 0.717) is 11.3 Å². The lowest BCUT2D eigenvalue weighted by atomic mass is 9.75. The number of aliphatic hydroxyl groups excluding tert-OH is 1. The average molecular weight is 140 g/mol. The van der Waals surface area contributed by atoms with E-state index in [-0.39, 0.29) is 6.10 Å². The monoisotopic (exact) mass is 140 g/mol. The van der Waals surface area contributed by atoms with Gasteiger partial charge in [0.05, 0.1) is 6.10 Å². The summed E-state index contributed by atoms with van der Waals surface area (Å²) in [7, 11) is 0. The molecule has 0 unspecified atom stereocenters. The normalized spacial score (nSPS) is 50.1. The molecule has 2 fully saturated rings. The van der Waals surface area contributed by atoms with Gasteiger partial charge in [-0.05, 0) is 36.5 Å². The molecule has 1 heteroatoms. The van der Waals surface area contributed by atoms with E-state index in [2.05, 4.69) is 13.8 Å². The van der Waals surface area contributed by atoms with Crippen LogP contribution >= 0.6 is 0 Å². The number of hydrogen-bond acceptors (Lipinski definition) is 1. The van der Waals surface area contributed by atoms with Crippen LogP contribution in [-0.2, 0) is 0 Å².